The smallest absolute Gasteiger partial charge is 0.214 e. The minimum atomic E-state index is -2.99. The zero-order valence-corrected chi connectivity index (χ0v) is 11.3. The molecule has 2 rings (SSSR count). The summed E-state index contributed by atoms with van der Waals surface area (Å²) in [4.78, 5) is 0. The van der Waals surface area contributed by atoms with Crippen molar-refractivity contribution in [3.8, 4) is 0 Å². The summed E-state index contributed by atoms with van der Waals surface area (Å²) in [6.07, 6.45) is 9.50. The molecule has 0 aliphatic heterocycles. The molecule has 0 aromatic rings. The van der Waals surface area contributed by atoms with Crippen molar-refractivity contribution in [3.63, 3.8) is 0 Å². The van der Waals surface area contributed by atoms with Gasteiger partial charge in [0.25, 0.3) is 0 Å². The van der Waals surface area contributed by atoms with Crippen molar-refractivity contribution in [3.05, 3.63) is 0 Å². The first-order valence-electron chi connectivity index (χ1n) is 6.90. The summed E-state index contributed by atoms with van der Waals surface area (Å²) >= 11 is 0. The molecule has 0 heterocycles. The van der Waals surface area contributed by atoms with Gasteiger partial charge in [0.1, 0.15) is 0 Å². The van der Waals surface area contributed by atoms with Crippen LogP contribution < -0.4 is 10.0 Å². The predicted molar refractivity (Wildman–Crippen MR) is 69.4 cm³/mol. The van der Waals surface area contributed by atoms with E-state index in [1.54, 1.807) is 0 Å². The van der Waals surface area contributed by atoms with E-state index in [0.29, 0.717) is 12.6 Å². The van der Waals surface area contributed by atoms with Gasteiger partial charge in [-0.1, -0.05) is 25.7 Å². The molecule has 2 aliphatic carbocycles. The van der Waals surface area contributed by atoms with Crippen LogP contribution >= 0.6 is 0 Å². The number of sulfonamides is 1. The van der Waals surface area contributed by atoms with Crippen molar-refractivity contribution in [2.24, 2.45) is 0 Å². The molecule has 0 aromatic heterocycles. The van der Waals surface area contributed by atoms with Gasteiger partial charge in [0.2, 0.25) is 10.0 Å². The van der Waals surface area contributed by atoms with E-state index in [1.165, 1.54) is 38.5 Å². The first kappa shape index (κ1) is 13.3. The van der Waals surface area contributed by atoms with Crippen molar-refractivity contribution >= 4 is 10.0 Å². The average Bonchev–Trinajstić information content (AvgIpc) is 3.11. The molecule has 5 heteroatoms. The topological polar surface area (TPSA) is 58.2 Å². The van der Waals surface area contributed by atoms with Crippen LogP contribution in [0.1, 0.15) is 51.4 Å². The Morgan fingerprint density at radius 1 is 0.882 bits per heavy atom. The molecule has 0 bridgehead atoms. The zero-order valence-electron chi connectivity index (χ0n) is 10.5. The van der Waals surface area contributed by atoms with Gasteiger partial charge in [-0.05, 0) is 25.7 Å². The summed E-state index contributed by atoms with van der Waals surface area (Å²) in [5.74, 6) is 0. The van der Waals surface area contributed by atoms with E-state index in [2.05, 4.69) is 10.0 Å². The third-order valence-corrected chi connectivity index (χ3v) is 5.64. The van der Waals surface area contributed by atoms with Crippen LogP contribution in [0.15, 0.2) is 0 Å². The fraction of sp³-hybridized carbons (Fsp3) is 1.00. The minimum absolute atomic E-state index is 0.0969. The Labute approximate surface area is 105 Å². The number of nitrogens with one attached hydrogen (secondary N) is 2. The van der Waals surface area contributed by atoms with Gasteiger partial charge in [-0.3, -0.25) is 0 Å². The summed E-state index contributed by atoms with van der Waals surface area (Å²) in [5, 5.41) is 3.37. The predicted octanol–water partition coefficient (Wildman–Crippen LogP) is 1.38. The molecule has 0 saturated heterocycles. The second kappa shape index (κ2) is 6.16. The maximum absolute atomic E-state index is 11.6. The summed E-state index contributed by atoms with van der Waals surface area (Å²) in [6.45, 7) is 1.30. The van der Waals surface area contributed by atoms with Crippen LogP contribution in [0.2, 0.25) is 0 Å². The summed E-state index contributed by atoms with van der Waals surface area (Å²) in [6, 6.07) is 0.600. The van der Waals surface area contributed by atoms with Gasteiger partial charge in [-0.15, -0.1) is 0 Å². The van der Waals surface area contributed by atoms with E-state index in [0.717, 1.165) is 19.4 Å². The van der Waals surface area contributed by atoms with E-state index >= 15 is 0 Å². The van der Waals surface area contributed by atoms with E-state index in [1.807, 2.05) is 0 Å². The number of hydrogen-bond acceptors (Lipinski definition) is 3. The van der Waals surface area contributed by atoms with Crippen molar-refractivity contribution in [1.82, 2.24) is 10.0 Å². The van der Waals surface area contributed by atoms with Crippen LogP contribution in [0, 0.1) is 0 Å². The van der Waals surface area contributed by atoms with Crippen molar-refractivity contribution in [1.29, 1.82) is 0 Å². The van der Waals surface area contributed by atoms with Crippen molar-refractivity contribution in [2.45, 2.75) is 62.7 Å². The molecule has 0 spiro atoms. The molecule has 2 N–H and O–H groups in total. The standard InChI is InChI=1S/C12H24N2O2S/c15-17(16,12-7-8-12)14-10-9-13-11-5-3-1-2-4-6-11/h11-14H,1-10H2. The number of hydrogen-bond donors (Lipinski definition) is 2. The lowest BCUT2D eigenvalue weighted by Crippen LogP contribution is -2.37. The summed E-state index contributed by atoms with van der Waals surface area (Å²) in [5.41, 5.74) is 0. The summed E-state index contributed by atoms with van der Waals surface area (Å²) < 4.78 is 25.8. The Morgan fingerprint density at radius 2 is 1.53 bits per heavy atom. The Balaban J connectivity index is 1.59. The highest BCUT2D eigenvalue weighted by molar-refractivity contribution is 7.90. The monoisotopic (exact) mass is 260 g/mol. The second-order valence-corrected chi connectivity index (χ2v) is 7.33. The lowest BCUT2D eigenvalue weighted by atomic mass is 10.1. The van der Waals surface area contributed by atoms with E-state index in [4.69, 9.17) is 0 Å². The van der Waals surface area contributed by atoms with E-state index in [-0.39, 0.29) is 5.25 Å². The molecule has 2 aliphatic rings. The molecule has 0 unspecified atom stereocenters. The van der Waals surface area contributed by atoms with Crippen LogP contribution in [0.4, 0.5) is 0 Å². The molecular formula is C12H24N2O2S. The zero-order chi connectivity index (χ0) is 12.1. The fourth-order valence-electron chi connectivity index (χ4n) is 2.45. The van der Waals surface area contributed by atoms with Crippen LogP contribution in [0.25, 0.3) is 0 Å². The normalized spacial score (nSPS) is 23.5. The molecule has 100 valence electrons. The molecule has 0 radical (unpaired) electrons. The van der Waals surface area contributed by atoms with Gasteiger partial charge in [0, 0.05) is 19.1 Å². The van der Waals surface area contributed by atoms with Crippen LogP contribution in [0.5, 0.6) is 0 Å². The second-order valence-electron chi connectivity index (χ2n) is 5.28. The third kappa shape index (κ3) is 4.56. The molecule has 2 fully saturated rings. The minimum Gasteiger partial charge on any atom is -0.313 e. The molecule has 17 heavy (non-hydrogen) atoms. The Kier molecular flexibility index (Phi) is 4.82. The van der Waals surface area contributed by atoms with Gasteiger partial charge < -0.3 is 5.32 Å². The van der Waals surface area contributed by atoms with Gasteiger partial charge in [0.05, 0.1) is 5.25 Å². The highest BCUT2D eigenvalue weighted by atomic mass is 32.2. The Hall–Kier alpha value is -0.130. The molecule has 2 saturated carbocycles. The molecule has 0 amide bonds. The van der Waals surface area contributed by atoms with E-state index in [9.17, 15) is 8.42 Å². The largest absolute Gasteiger partial charge is 0.313 e. The first-order chi connectivity index (χ1) is 8.18. The molecule has 0 aromatic carbocycles. The van der Waals surface area contributed by atoms with Crippen LogP contribution in [0.3, 0.4) is 0 Å². The first-order valence-corrected chi connectivity index (χ1v) is 8.45. The van der Waals surface area contributed by atoms with Crippen molar-refractivity contribution in [2.75, 3.05) is 13.1 Å². The van der Waals surface area contributed by atoms with Gasteiger partial charge in [-0.2, -0.15) is 0 Å². The highest BCUT2D eigenvalue weighted by Gasteiger charge is 2.35. The lowest BCUT2D eigenvalue weighted by molar-refractivity contribution is 0.461. The lowest BCUT2D eigenvalue weighted by Gasteiger charge is -2.16. The Bertz CT molecular complexity index is 317. The van der Waals surface area contributed by atoms with Crippen LogP contribution in [-0.4, -0.2) is 32.8 Å². The molecule has 4 nitrogen and oxygen atoms in total. The SMILES string of the molecule is O=S(=O)(NCCNC1CCCCCC1)C1CC1. The molecular weight excluding hydrogens is 236 g/mol. The third-order valence-electron chi connectivity index (χ3n) is 3.68. The summed E-state index contributed by atoms with van der Waals surface area (Å²) in [7, 11) is -2.99. The quantitative estimate of drug-likeness (QED) is 0.560. The number of rotatable bonds is 6. The highest BCUT2D eigenvalue weighted by Crippen LogP contribution is 2.27. The molecule has 0 atom stereocenters. The average molecular weight is 260 g/mol. The van der Waals surface area contributed by atoms with Gasteiger partial charge in [-0.25, -0.2) is 13.1 Å². The maximum Gasteiger partial charge on any atom is 0.214 e. The Morgan fingerprint density at radius 3 is 2.12 bits per heavy atom. The maximum atomic E-state index is 11.6. The van der Waals surface area contributed by atoms with Crippen molar-refractivity contribution < 1.29 is 8.42 Å². The van der Waals surface area contributed by atoms with E-state index < -0.39 is 10.0 Å². The van der Waals surface area contributed by atoms with Gasteiger partial charge in [0.15, 0.2) is 0 Å². The fourth-order valence-corrected chi connectivity index (χ4v) is 3.83. The van der Waals surface area contributed by atoms with Crippen LogP contribution in [-0.2, 0) is 10.0 Å². The van der Waals surface area contributed by atoms with Gasteiger partial charge >= 0.3 is 0 Å².